The van der Waals surface area contributed by atoms with Crippen molar-refractivity contribution >= 4 is 12.0 Å². The summed E-state index contributed by atoms with van der Waals surface area (Å²) in [5.41, 5.74) is 0.459. The zero-order valence-corrected chi connectivity index (χ0v) is 10.4. The topological polar surface area (TPSA) is 20.3 Å². The van der Waals surface area contributed by atoms with E-state index in [4.69, 9.17) is 0 Å². The number of carbonyl (C=O) groups excluding carboxylic acids is 1. The van der Waals surface area contributed by atoms with Gasteiger partial charge in [-0.25, -0.2) is 4.39 Å². The highest BCUT2D eigenvalue weighted by atomic mass is 19.1. The zero-order valence-electron chi connectivity index (χ0n) is 10.4. The van der Waals surface area contributed by atoms with Crippen molar-refractivity contribution in [3.8, 4) is 0 Å². The fraction of sp³-hybridized carbons (Fsp3) is 0.400. The number of hydrogen-bond acceptors (Lipinski definition) is 1. The second-order valence-corrected chi connectivity index (χ2v) is 4.59. The predicted octanol–water partition coefficient (Wildman–Crippen LogP) is 3.24. The number of amides is 1. The first-order chi connectivity index (χ1) is 8.77. The minimum atomic E-state index is -0.294. The third-order valence-electron chi connectivity index (χ3n) is 3.23. The summed E-state index contributed by atoms with van der Waals surface area (Å²) < 4.78 is 13.4. The number of carbonyl (C=O) groups is 1. The Morgan fingerprint density at radius 2 is 1.78 bits per heavy atom. The molecule has 1 heterocycles. The second-order valence-electron chi connectivity index (χ2n) is 4.59. The molecule has 1 aromatic carbocycles. The fourth-order valence-corrected chi connectivity index (χ4v) is 2.17. The Bertz CT molecular complexity index is 434. The minimum absolute atomic E-state index is 0.0137. The molecule has 0 bridgehead atoms. The van der Waals surface area contributed by atoms with Gasteiger partial charge in [-0.3, -0.25) is 4.79 Å². The minimum Gasteiger partial charge on any atom is -0.339 e. The molecule has 0 aromatic heterocycles. The van der Waals surface area contributed by atoms with Crippen molar-refractivity contribution in [2.45, 2.75) is 25.7 Å². The van der Waals surface area contributed by atoms with E-state index in [1.54, 1.807) is 24.3 Å². The maximum atomic E-state index is 13.4. The number of benzene rings is 1. The van der Waals surface area contributed by atoms with E-state index in [1.165, 1.54) is 25.0 Å². The van der Waals surface area contributed by atoms with E-state index in [2.05, 4.69) is 0 Å². The van der Waals surface area contributed by atoms with Crippen LogP contribution in [0.25, 0.3) is 6.08 Å². The van der Waals surface area contributed by atoms with Crippen molar-refractivity contribution in [3.05, 3.63) is 41.7 Å². The number of likely N-dealkylation sites (tertiary alicyclic amines) is 1. The van der Waals surface area contributed by atoms with Crippen molar-refractivity contribution in [2.24, 2.45) is 0 Å². The predicted molar refractivity (Wildman–Crippen MR) is 70.5 cm³/mol. The molecule has 1 aromatic rings. The normalized spacial score (nSPS) is 16.8. The smallest absolute Gasteiger partial charge is 0.246 e. The Hall–Kier alpha value is -1.64. The molecule has 0 atom stereocenters. The molecule has 0 aliphatic carbocycles. The van der Waals surface area contributed by atoms with Crippen LogP contribution in [0.3, 0.4) is 0 Å². The standard InChI is InChI=1S/C15H18FNO/c16-14-8-4-3-7-13(14)9-10-15(18)17-11-5-1-2-6-12-17/h3-4,7-10H,1-2,5-6,11-12H2/b10-9+. The maximum absolute atomic E-state index is 13.4. The molecule has 0 spiro atoms. The van der Waals surface area contributed by atoms with Gasteiger partial charge in [0.05, 0.1) is 0 Å². The van der Waals surface area contributed by atoms with Crippen LogP contribution in [0, 0.1) is 5.82 Å². The summed E-state index contributed by atoms with van der Waals surface area (Å²) in [4.78, 5) is 13.8. The summed E-state index contributed by atoms with van der Waals surface area (Å²) in [7, 11) is 0. The summed E-state index contributed by atoms with van der Waals surface area (Å²) in [5, 5.41) is 0. The maximum Gasteiger partial charge on any atom is 0.246 e. The van der Waals surface area contributed by atoms with E-state index in [1.807, 2.05) is 4.90 Å². The monoisotopic (exact) mass is 247 g/mol. The van der Waals surface area contributed by atoms with Crippen LogP contribution in [0.15, 0.2) is 30.3 Å². The zero-order chi connectivity index (χ0) is 12.8. The Balaban J connectivity index is 2.00. The highest BCUT2D eigenvalue weighted by Gasteiger charge is 2.12. The molecule has 1 amide bonds. The molecule has 0 radical (unpaired) electrons. The largest absolute Gasteiger partial charge is 0.339 e. The van der Waals surface area contributed by atoms with Gasteiger partial charge in [0.15, 0.2) is 0 Å². The van der Waals surface area contributed by atoms with Crippen LogP contribution in [0.5, 0.6) is 0 Å². The second kappa shape index (κ2) is 6.34. The van der Waals surface area contributed by atoms with Gasteiger partial charge in [-0.05, 0) is 25.0 Å². The summed E-state index contributed by atoms with van der Waals surface area (Å²) >= 11 is 0. The lowest BCUT2D eigenvalue weighted by Crippen LogP contribution is -2.30. The van der Waals surface area contributed by atoms with E-state index in [9.17, 15) is 9.18 Å². The molecule has 1 aliphatic heterocycles. The van der Waals surface area contributed by atoms with Gasteiger partial charge < -0.3 is 4.90 Å². The summed E-state index contributed by atoms with van der Waals surface area (Å²) in [5.74, 6) is -0.308. The highest BCUT2D eigenvalue weighted by molar-refractivity contribution is 5.91. The molecule has 96 valence electrons. The lowest BCUT2D eigenvalue weighted by Gasteiger charge is -2.17. The van der Waals surface area contributed by atoms with Gasteiger partial charge in [0.1, 0.15) is 5.82 Å². The lowest BCUT2D eigenvalue weighted by atomic mass is 10.2. The van der Waals surface area contributed by atoms with Crippen LogP contribution in [0.4, 0.5) is 4.39 Å². The summed E-state index contributed by atoms with van der Waals surface area (Å²) in [6.45, 7) is 1.64. The van der Waals surface area contributed by atoms with Crippen LogP contribution < -0.4 is 0 Å². The van der Waals surface area contributed by atoms with Crippen LogP contribution >= 0.6 is 0 Å². The van der Waals surface area contributed by atoms with Gasteiger partial charge in [0, 0.05) is 24.7 Å². The van der Waals surface area contributed by atoms with Crippen molar-refractivity contribution in [3.63, 3.8) is 0 Å². The first-order valence-electron chi connectivity index (χ1n) is 6.49. The van der Waals surface area contributed by atoms with Crippen molar-refractivity contribution in [2.75, 3.05) is 13.1 Å². The van der Waals surface area contributed by atoms with Crippen molar-refractivity contribution in [1.82, 2.24) is 4.90 Å². The molecule has 3 heteroatoms. The Kier molecular flexibility index (Phi) is 4.51. The Morgan fingerprint density at radius 1 is 1.11 bits per heavy atom. The van der Waals surface area contributed by atoms with Gasteiger partial charge >= 0.3 is 0 Å². The average molecular weight is 247 g/mol. The van der Waals surface area contributed by atoms with Gasteiger partial charge in [0.2, 0.25) is 5.91 Å². The Morgan fingerprint density at radius 3 is 2.44 bits per heavy atom. The third kappa shape index (κ3) is 3.42. The fourth-order valence-electron chi connectivity index (χ4n) is 2.17. The SMILES string of the molecule is O=C(/C=C/c1ccccc1F)N1CCCCCC1. The first-order valence-corrected chi connectivity index (χ1v) is 6.49. The van der Waals surface area contributed by atoms with Crippen LogP contribution in [0.2, 0.25) is 0 Å². The van der Waals surface area contributed by atoms with Gasteiger partial charge in [-0.2, -0.15) is 0 Å². The first kappa shape index (κ1) is 12.8. The van der Waals surface area contributed by atoms with E-state index in [0.717, 1.165) is 25.9 Å². The third-order valence-corrected chi connectivity index (χ3v) is 3.23. The summed E-state index contributed by atoms with van der Waals surface area (Å²) in [6, 6.07) is 6.47. The Labute approximate surface area is 107 Å². The molecular formula is C15H18FNO. The molecule has 0 unspecified atom stereocenters. The molecular weight excluding hydrogens is 229 g/mol. The quantitative estimate of drug-likeness (QED) is 0.735. The molecule has 18 heavy (non-hydrogen) atoms. The average Bonchev–Trinajstić information content (AvgIpc) is 2.66. The van der Waals surface area contributed by atoms with E-state index < -0.39 is 0 Å². The molecule has 1 aliphatic rings. The van der Waals surface area contributed by atoms with E-state index >= 15 is 0 Å². The molecule has 2 nitrogen and oxygen atoms in total. The molecule has 0 N–H and O–H groups in total. The van der Waals surface area contributed by atoms with Gasteiger partial charge in [0.25, 0.3) is 0 Å². The van der Waals surface area contributed by atoms with E-state index in [0.29, 0.717) is 5.56 Å². The summed E-state index contributed by atoms with van der Waals surface area (Å²) in [6.07, 6.45) is 7.56. The highest BCUT2D eigenvalue weighted by Crippen LogP contribution is 2.12. The number of hydrogen-bond donors (Lipinski definition) is 0. The number of rotatable bonds is 2. The van der Waals surface area contributed by atoms with Crippen LogP contribution in [-0.4, -0.2) is 23.9 Å². The lowest BCUT2D eigenvalue weighted by molar-refractivity contribution is -0.125. The molecule has 1 fully saturated rings. The van der Waals surface area contributed by atoms with Gasteiger partial charge in [-0.1, -0.05) is 31.0 Å². The molecule has 2 rings (SSSR count). The van der Waals surface area contributed by atoms with E-state index in [-0.39, 0.29) is 11.7 Å². The number of halogens is 1. The molecule has 1 saturated heterocycles. The molecule has 0 saturated carbocycles. The number of nitrogens with zero attached hydrogens (tertiary/aromatic N) is 1. The van der Waals surface area contributed by atoms with Crippen molar-refractivity contribution in [1.29, 1.82) is 0 Å². The van der Waals surface area contributed by atoms with Crippen LogP contribution in [0.1, 0.15) is 31.2 Å². The van der Waals surface area contributed by atoms with Crippen molar-refractivity contribution < 1.29 is 9.18 Å². The van der Waals surface area contributed by atoms with Gasteiger partial charge in [-0.15, -0.1) is 0 Å². The van der Waals surface area contributed by atoms with Crippen LogP contribution in [-0.2, 0) is 4.79 Å².